The van der Waals surface area contributed by atoms with Gasteiger partial charge in [-0.3, -0.25) is 4.98 Å². The molecule has 4 aromatic rings. The zero-order valence-corrected chi connectivity index (χ0v) is 22.6. The topological polar surface area (TPSA) is 124 Å². The van der Waals surface area contributed by atoms with Crippen LogP contribution in [0.15, 0.2) is 48.9 Å². The summed E-state index contributed by atoms with van der Waals surface area (Å²) < 4.78 is 60.8. The number of nitrogens with two attached hydrogens (primary N) is 1. The number of methoxy groups -OCH3 is 1. The largest absolute Gasteiger partial charge is 0.380 e. The number of benzene rings is 1. The molecule has 5 rings (SSSR count). The van der Waals surface area contributed by atoms with Crippen LogP contribution in [0.25, 0.3) is 16.8 Å². The van der Waals surface area contributed by atoms with Gasteiger partial charge in [-0.05, 0) is 66.1 Å². The van der Waals surface area contributed by atoms with Crippen molar-refractivity contribution in [3.63, 3.8) is 0 Å². The predicted molar refractivity (Wildman–Crippen MR) is 144 cm³/mol. The van der Waals surface area contributed by atoms with Crippen LogP contribution in [0.3, 0.4) is 0 Å². The molecule has 4 atom stereocenters. The van der Waals surface area contributed by atoms with E-state index in [0.29, 0.717) is 35.6 Å². The van der Waals surface area contributed by atoms with Crippen molar-refractivity contribution < 1.29 is 21.9 Å². The molecule has 12 heteroatoms. The van der Waals surface area contributed by atoms with E-state index in [4.69, 9.17) is 10.5 Å². The molecule has 3 aromatic heterocycles. The highest BCUT2D eigenvalue weighted by Crippen LogP contribution is 2.41. The standard InChI is InChI=1S/C27H30F2N6O3S/c1-15-8-17(11-22(30)26(15)39(3,36)37)19-6-7-31-13-24(19)33-27-32-12-18-4-5-23(34-35(18)27)25-20(28)9-16(14-38-2)10-21(25)29/h4-7,9-10,12-13,15,17,22,26H,8,11,14,30H2,1-3H3,(H,32,33). The molecule has 4 unspecified atom stereocenters. The zero-order valence-electron chi connectivity index (χ0n) is 21.8. The van der Waals surface area contributed by atoms with E-state index in [0.717, 1.165) is 5.56 Å². The van der Waals surface area contributed by atoms with Gasteiger partial charge in [0.1, 0.15) is 11.6 Å². The third-order valence-corrected chi connectivity index (χ3v) is 9.09. The maximum Gasteiger partial charge on any atom is 0.229 e. The number of aromatic nitrogens is 4. The summed E-state index contributed by atoms with van der Waals surface area (Å²) in [7, 11) is -1.82. The van der Waals surface area contributed by atoms with Gasteiger partial charge in [0.2, 0.25) is 5.95 Å². The molecule has 1 aliphatic rings. The second kappa shape index (κ2) is 10.6. The predicted octanol–water partition coefficient (Wildman–Crippen LogP) is 4.21. The fourth-order valence-corrected chi connectivity index (χ4v) is 7.47. The maximum atomic E-state index is 14.9. The van der Waals surface area contributed by atoms with Gasteiger partial charge in [0.25, 0.3) is 0 Å². The van der Waals surface area contributed by atoms with E-state index < -0.39 is 32.8 Å². The summed E-state index contributed by atoms with van der Waals surface area (Å²) in [6.45, 7) is 2.00. The zero-order chi connectivity index (χ0) is 27.9. The second-order valence-electron chi connectivity index (χ2n) is 10.2. The molecule has 206 valence electrons. The summed E-state index contributed by atoms with van der Waals surface area (Å²) >= 11 is 0. The lowest BCUT2D eigenvalue weighted by Gasteiger charge is -2.38. The number of fused-ring (bicyclic) bond motifs is 1. The van der Waals surface area contributed by atoms with Crippen LogP contribution >= 0.6 is 0 Å². The molecule has 1 fully saturated rings. The smallest absolute Gasteiger partial charge is 0.229 e. The number of rotatable bonds is 7. The third-order valence-electron chi connectivity index (χ3n) is 7.28. The molecule has 0 aliphatic heterocycles. The van der Waals surface area contributed by atoms with Crippen LogP contribution < -0.4 is 11.1 Å². The van der Waals surface area contributed by atoms with Crippen LogP contribution in [0.2, 0.25) is 0 Å². The Morgan fingerprint density at radius 2 is 1.90 bits per heavy atom. The minimum atomic E-state index is -3.28. The summed E-state index contributed by atoms with van der Waals surface area (Å²) in [6, 6.07) is 7.07. The molecule has 9 nitrogen and oxygen atoms in total. The molecule has 0 saturated heterocycles. The SMILES string of the molecule is COCc1cc(F)c(-c2ccc3cnc(Nc4cnccc4C4CC(C)C(S(C)(=O)=O)C(N)C4)n3n2)c(F)c1. The van der Waals surface area contributed by atoms with Gasteiger partial charge in [0.05, 0.1) is 46.7 Å². The number of hydrogen-bond donors (Lipinski definition) is 2. The monoisotopic (exact) mass is 556 g/mol. The lowest BCUT2D eigenvalue weighted by Crippen LogP contribution is -2.48. The maximum absolute atomic E-state index is 14.9. The lowest BCUT2D eigenvalue weighted by atomic mass is 9.76. The van der Waals surface area contributed by atoms with Crippen LogP contribution in [0.1, 0.15) is 36.8 Å². The van der Waals surface area contributed by atoms with Crippen molar-refractivity contribution in [2.45, 2.75) is 43.6 Å². The van der Waals surface area contributed by atoms with Gasteiger partial charge in [0, 0.05) is 25.6 Å². The van der Waals surface area contributed by atoms with E-state index in [9.17, 15) is 17.2 Å². The Bertz CT molecular complexity index is 1590. The molecule has 1 aromatic carbocycles. The van der Waals surface area contributed by atoms with Crippen molar-refractivity contribution in [3.05, 3.63) is 71.7 Å². The van der Waals surface area contributed by atoms with Gasteiger partial charge in [-0.15, -0.1) is 0 Å². The quantitative estimate of drug-likeness (QED) is 0.347. The van der Waals surface area contributed by atoms with Gasteiger partial charge >= 0.3 is 0 Å². The number of hydrogen-bond acceptors (Lipinski definition) is 8. The first kappa shape index (κ1) is 27.1. The fraction of sp³-hybridized carbons (Fsp3) is 0.370. The van der Waals surface area contributed by atoms with Crippen LogP contribution in [0.4, 0.5) is 20.4 Å². The molecule has 0 spiro atoms. The highest BCUT2D eigenvalue weighted by atomic mass is 32.2. The van der Waals surface area contributed by atoms with Crippen molar-refractivity contribution in [3.8, 4) is 11.3 Å². The summed E-state index contributed by atoms with van der Waals surface area (Å²) in [5, 5.41) is 7.15. The number of nitrogens with zero attached hydrogens (tertiary/aromatic N) is 4. The van der Waals surface area contributed by atoms with E-state index in [1.165, 1.54) is 36.1 Å². The summed E-state index contributed by atoms with van der Waals surface area (Å²) in [4.78, 5) is 8.67. The average Bonchev–Trinajstić information content (AvgIpc) is 3.25. The third kappa shape index (κ3) is 5.36. The number of ether oxygens (including phenoxy) is 1. The van der Waals surface area contributed by atoms with E-state index in [1.807, 2.05) is 13.0 Å². The second-order valence-corrected chi connectivity index (χ2v) is 12.4. The van der Waals surface area contributed by atoms with E-state index in [2.05, 4.69) is 20.4 Å². The molecular weight excluding hydrogens is 526 g/mol. The molecule has 3 heterocycles. The Morgan fingerprint density at radius 1 is 1.15 bits per heavy atom. The molecule has 1 aliphatic carbocycles. The van der Waals surface area contributed by atoms with Crippen molar-refractivity contribution in [2.24, 2.45) is 11.7 Å². The molecule has 0 radical (unpaired) electrons. The number of sulfone groups is 1. The highest BCUT2D eigenvalue weighted by Gasteiger charge is 2.40. The Morgan fingerprint density at radius 3 is 2.56 bits per heavy atom. The van der Waals surface area contributed by atoms with Crippen LogP contribution in [0, 0.1) is 17.6 Å². The fourth-order valence-electron chi connectivity index (χ4n) is 5.77. The van der Waals surface area contributed by atoms with E-state index >= 15 is 0 Å². The lowest BCUT2D eigenvalue weighted by molar-refractivity contribution is 0.184. The average molecular weight is 557 g/mol. The molecule has 0 bridgehead atoms. The Balaban J connectivity index is 1.47. The molecular formula is C27H30F2N6O3S. The summed E-state index contributed by atoms with van der Waals surface area (Å²) in [6.07, 6.45) is 7.32. The number of pyridine rings is 1. The molecule has 1 saturated carbocycles. The molecule has 39 heavy (non-hydrogen) atoms. The minimum absolute atomic E-state index is 0.00190. The molecule has 0 amide bonds. The van der Waals surface area contributed by atoms with Crippen LogP contribution in [0.5, 0.6) is 0 Å². The number of imidazole rings is 1. The van der Waals surface area contributed by atoms with Gasteiger partial charge in [-0.1, -0.05) is 6.92 Å². The normalized spacial score (nSPS) is 21.8. The van der Waals surface area contributed by atoms with Crippen LogP contribution in [-0.2, 0) is 21.2 Å². The van der Waals surface area contributed by atoms with Gasteiger partial charge in [-0.25, -0.2) is 22.2 Å². The van der Waals surface area contributed by atoms with E-state index in [-0.39, 0.29) is 29.7 Å². The van der Waals surface area contributed by atoms with Crippen molar-refractivity contribution in [2.75, 3.05) is 18.7 Å². The Kier molecular flexibility index (Phi) is 7.36. The first-order valence-electron chi connectivity index (χ1n) is 12.5. The summed E-state index contributed by atoms with van der Waals surface area (Å²) in [5.74, 6) is -1.27. The molecule has 3 N–H and O–H groups in total. The van der Waals surface area contributed by atoms with E-state index in [1.54, 1.807) is 24.7 Å². The summed E-state index contributed by atoms with van der Waals surface area (Å²) in [5.41, 5.74) is 8.81. The number of nitrogens with one attached hydrogen (secondary N) is 1. The number of halogens is 2. The number of anilines is 2. The van der Waals surface area contributed by atoms with Crippen molar-refractivity contribution >= 4 is 27.0 Å². The first-order valence-corrected chi connectivity index (χ1v) is 14.5. The Labute approximate surface area is 225 Å². The highest BCUT2D eigenvalue weighted by molar-refractivity contribution is 7.91. The van der Waals surface area contributed by atoms with Crippen LogP contribution in [-0.4, -0.2) is 52.7 Å². The van der Waals surface area contributed by atoms with Crippen molar-refractivity contribution in [1.82, 2.24) is 19.6 Å². The minimum Gasteiger partial charge on any atom is -0.380 e. The van der Waals surface area contributed by atoms with Gasteiger partial charge < -0.3 is 15.8 Å². The first-order chi connectivity index (χ1) is 18.6. The Hall–Kier alpha value is -3.48. The van der Waals surface area contributed by atoms with Gasteiger partial charge in [0.15, 0.2) is 9.84 Å². The van der Waals surface area contributed by atoms with Crippen molar-refractivity contribution in [1.29, 1.82) is 0 Å². The van der Waals surface area contributed by atoms with Gasteiger partial charge in [-0.2, -0.15) is 9.61 Å².